The zero-order chi connectivity index (χ0) is 19.0. The van der Waals surface area contributed by atoms with E-state index < -0.39 is 11.6 Å². The maximum atomic E-state index is 6.52. The summed E-state index contributed by atoms with van der Waals surface area (Å²) in [5.74, 6) is -0.854. The lowest BCUT2D eigenvalue weighted by atomic mass is 9.94. The number of rotatable bonds is 5. The van der Waals surface area contributed by atoms with E-state index in [0.29, 0.717) is 6.61 Å². The molecule has 2 saturated carbocycles. The first-order valence-corrected chi connectivity index (χ1v) is 11.7. The number of unbranched alkanes of at least 4 members (excludes halogenated alkanes) is 1. The summed E-state index contributed by atoms with van der Waals surface area (Å²) in [6.45, 7) is 3.48. The largest absolute Gasteiger partial charge is 0.372 e. The second-order valence-electron chi connectivity index (χ2n) is 9.27. The van der Waals surface area contributed by atoms with E-state index >= 15 is 0 Å². The molecule has 5 rings (SSSR count). The van der Waals surface area contributed by atoms with E-state index in [9.17, 15) is 0 Å². The smallest absolute Gasteiger partial charge is 0.190 e. The highest BCUT2D eigenvalue weighted by atomic mass is 16.9. The van der Waals surface area contributed by atoms with Crippen LogP contribution in [-0.4, -0.2) is 55.5 Å². The number of fused-ring (bicyclic) bond motifs is 1. The molecule has 0 amide bonds. The zero-order valence-corrected chi connectivity index (χ0v) is 17.2. The molecular formula is C22H36O6. The van der Waals surface area contributed by atoms with E-state index in [-0.39, 0.29) is 30.7 Å². The van der Waals surface area contributed by atoms with Crippen LogP contribution in [0.1, 0.15) is 84.0 Å². The van der Waals surface area contributed by atoms with Gasteiger partial charge in [-0.25, -0.2) is 0 Å². The second kappa shape index (κ2) is 8.12. The molecule has 0 N–H and O–H groups in total. The molecule has 3 heterocycles. The average molecular weight is 397 g/mol. The van der Waals surface area contributed by atoms with Crippen LogP contribution in [0.4, 0.5) is 0 Å². The molecule has 0 radical (unpaired) electrons. The van der Waals surface area contributed by atoms with Crippen molar-refractivity contribution < 1.29 is 28.4 Å². The summed E-state index contributed by atoms with van der Waals surface area (Å²) in [4.78, 5) is 0. The fraction of sp³-hybridized carbons (Fsp3) is 1.00. The van der Waals surface area contributed by atoms with Crippen LogP contribution in [0.3, 0.4) is 0 Å². The van der Waals surface area contributed by atoms with Gasteiger partial charge in [-0.1, -0.05) is 26.2 Å². The first kappa shape index (κ1) is 19.7. The third kappa shape index (κ3) is 3.65. The molecule has 28 heavy (non-hydrogen) atoms. The van der Waals surface area contributed by atoms with Gasteiger partial charge in [-0.15, -0.1) is 0 Å². The van der Waals surface area contributed by atoms with Crippen molar-refractivity contribution in [1.82, 2.24) is 0 Å². The average Bonchev–Trinajstić information content (AvgIpc) is 3.36. The van der Waals surface area contributed by atoms with Crippen molar-refractivity contribution in [3.63, 3.8) is 0 Å². The van der Waals surface area contributed by atoms with Crippen molar-refractivity contribution in [3.8, 4) is 0 Å². The third-order valence-corrected chi connectivity index (χ3v) is 7.17. The minimum atomic E-state index is -0.456. The molecule has 0 aromatic rings. The van der Waals surface area contributed by atoms with E-state index in [2.05, 4.69) is 6.92 Å². The Morgan fingerprint density at radius 3 is 2.25 bits per heavy atom. The maximum Gasteiger partial charge on any atom is 0.190 e. The lowest BCUT2D eigenvalue weighted by Gasteiger charge is -2.35. The molecule has 0 aromatic heterocycles. The van der Waals surface area contributed by atoms with Crippen LogP contribution < -0.4 is 0 Å². The molecule has 5 aliphatic rings. The maximum absolute atomic E-state index is 6.52. The second-order valence-corrected chi connectivity index (χ2v) is 9.27. The van der Waals surface area contributed by atoms with Gasteiger partial charge in [0.05, 0.1) is 6.61 Å². The molecule has 5 unspecified atom stereocenters. The van der Waals surface area contributed by atoms with Crippen molar-refractivity contribution in [2.75, 3.05) is 13.2 Å². The zero-order valence-electron chi connectivity index (χ0n) is 17.2. The molecule has 6 nitrogen and oxygen atoms in total. The molecule has 5 fully saturated rings. The van der Waals surface area contributed by atoms with Crippen LogP contribution >= 0.6 is 0 Å². The molecule has 0 bridgehead atoms. The van der Waals surface area contributed by atoms with Gasteiger partial charge < -0.3 is 28.4 Å². The van der Waals surface area contributed by atoms with Crippen molar-refractivity contribution in [1.29, 1.82) is 0 Å². The Labute approximate surface area is 168 Å². The predicted octanol–water partition coefficient (Wildman–Crippen LogP) is 4.05. The molecule has 3 saturated heterocycles. The summed E-state index contributed by atoms with van der Waals surface area (Å²) in [7, 11) is 0. The van der Waals surface area contributed by atoms with Gasteiger partial charge in [0.1, 0.15) is 24.4 Å². The van der Waals surface area contributed by atoms with Gasteiger partial charge in [0.2, 0.25) is 0 Å². The van der Waals surface area contributed by atoms with Gasteiger partial charge in [-0.05, 0) is 32.1 Å². The summed E-state index contributed by atoms with van der Waals surface area (Å²) in [5, 5.41) is 0. The molecule has 5 atom stereocenters. The van der Waals surface area contributed by atoms with Gasteiger partial charge in [0.25, 0.3) is 0 Å². The predicted molar refractivity (Wildman–Crippen MR) is 102 cm³/mol. The van der Waals surface area contributed by atoms with E-state index in [0.717, 1.165) is 58.0 Å². The molecule has 3 aliphatic heterocycles. The Morgan fingerprint density at radius 2 is 1.54 bits per heavy atom. The van der Waals surface area contributed by atoms with E-state index in [1.807, 2.05) is 0 Å². The van der Waals surface area contributed by atoms with Gasteiger partial charge in [0, 0.05) is 32.3 Å². The number of ether oxygens (including phenoxy) is 6. The van der Waals surface area contributed by atoms with E-state index in [1.54, 1.807) is 0 Å². The van der Waals surface area contributed by atoms with Crippen molar-refractivity contribution in [3.05, 3.63) is 0 Å². The van der Waals surface area contributed by atoms with Crippen molar-refractivity contribution in [2.24, 2.45) is 0 Å². The van der Waals surface area contributed by atoms with E-state index in [1.165, 1.54) is 25.7 Å². The van der Waals surface area contributed by atoms with Crippen LogP contribution in [0, 0.1) is 0 Å². The quantitative estimate of drug-likeness (QED) is 0.654. The van der Waals surface area contributed by atoms with E-state index in [4.69, 9.17) is 28.4 Å². The van der Waals surface area contributed by atoms with Gasteiger partial charge in [-0.3, -0.25) is 0 Å². The van der Waals surface area contributed by atoms with Crippen molar-refractivity contribution in [2.45, 2.75) is 126 Å². The molecule has 0 aromatic carbocycles. The molecule has 160 valence electrons. The van der Waals surface area contributed by atoms with Crippen molar-refractivity contribution >= 4 is 0 Å². The van der Waals surface area contributed by atoms with Crippen LogP contribution in [0.15, 0.2) is 0 Å². The SMILES string of the molecule is CCCCOC1C(C2COC3(CCCCC3)O2)OC2OC3(CCCCC3)OC21. The minimum absolute atomic E-state index is 0.107. The standard InChI is InChI=1S/C22H36O6/c1-2-3-14-23-18-17(16-15-24-21(26-16)10-6-4-7-11-21)25-20-19(18)27-22(28-20)12-8-5-9-13-22/h16-20H,2-15H2,1H3. The summed E-state index contributed by atoms with van der Waals surface area (Å²) < 4.78 is 38.2. The van der Waals surface area contributed by atoms with Gasteiger partial charge in [-0.2, -0.15) is 0 Å². The summed E-state index contributed by atoms with van der Waals surface area (Å²) in [6, 6.07) is 0. The Bertz CT molecular complexity index is 527. The fourth-order valence-electron chi connectivity index (χ4n) is 5.63. The Balaban J connectivity index is 1.28. The normalized spacial score (nSPS) is 41.7. The molecule has 2 spiro atoms. The minimum Gasteiger partial charge on any atom is -0.372 e. The Morgan fingerprint density at radius 1 is 0.821 bits per heavy atom. The van der Waals surface area contributed by atoms with Crippen LogP contribution in [0.5, 0.6) is 0 Å². The molecular weight excluding hydrogens is 360 g/mol. The lowest BCUT2D eigenvalue weighted by Crippen LogP contribution is -2.46. The third-order valence-electron chi connectivity index (χ3n) is 7.17. The Hall–Kier alpha value is -0.240. The molecule has 2 aliphatic carbocycles. The lowest BCUT2D eigenvalue weighted by molar-refractivity contribution is -0.262. The number of hydrogen-bond acceptors (Lipinski definition) is 6. The first-order chi connectivity index (χ1) is 13.7. The highest BCUT2D eigenvalue weighted by Crippen LogP contribution is 2.48. The fourth-order valence-corrected chi connectivity index (χ4v) is 5.63. The summed E-state index contributed by atoms with van der Waals surface area (Å²) in [5.41, 5.74) is 0. The van der Waals surface area contributed by atoms with Crippen LogP contribution in [0.2, 0.25) is 0 Å². The van der Waals surface area contributed by atoms with Crippen LogP contribution in [0.25, 0.3) is 0 Å². The topological polar surface area (TPSA) is 55.4 Å². The summed E-state index contributed by atoms with van der Waals surface area (Å²) in [6.07, 6.45) is 12.3. The van der Waals surface area contributed by atoms with Gasteiger partial charge in [0.15, 0.2) is 17.9 Å². The van der Waals surface area contributed by atoms with Gasteiger partial charge >= 0.3 is 0 Å². The monoisotopic (exact) mass is 396 g/mol. The van der Waals surface area contributed by atoms with Crippen LogP contribution in [-0.2, 0) is 28.4 Å². The molecule has 6 heteroatoms. The Kier molecular flexibility index (Phi) is 5.72. The highest BCUT2D eigenvalue weighted by Gasteiger charge is 2.61. The number of hydrogen-bond donors (Lipinski definition) is 0. The summed E-state index contributed by atoms with van der Waals surface area (Å²) >= 11 is 0. The first-order valence-electron chi connectivity index (χ1n) is 11.7. The highest BCUT2D eigenvalue weighted by molar-refractivity contribution is 5.01.